The van der Waals surface area contributed by atoms with Crippen molar-refractivity contribution in [1.82, 2.24) is 29.9 Å². The second kappa shape index (κ2) is 19.9. The van der Waals surface area contributed by atoms with Crippen LogP contribution in [0.3, 0.4) is 0 Å². The molecule has 2 aliphatic rings. The third-order valence-electron chi connectivity index (χ3n) is 10.1. The molecule has 0 radical (unpaired) electrons. The van der Waals surface area contributed by atoms with E-state index in [0.29, 0.717) is 87.4 Å². The van der Waals surface area contributed by atoms with Crippen molar-refractivity contribution in [3.05, 3.63) is 119 Å². The van der Waals surface area contributed by atoms with Gasteiger partial charge in [-0.25, -0.2) is 20.0 Å². The molecule has 0 spiro atoms. The van der Waals surface area contributed by atoms with Crippen LogP contribution in [0.4, 0.5) is 34.6 Å². The Bertz CT molecular complexity index is 3080. The van der Waals surface area contributed by atoms with E-state index < -0.39 is 30.0 Å². The maximum Gasteiger partial charge on any atom is 0.295 e. The molecule has 2 aliphatic heterocycles. The quantitative estimate of drug-likeness (QED) is 0.0760. The molecule has 2 aromatic heterocycles. The molecule has 344 valence electrons. The van der Waals surface area contributed by atoms with E-state index in [1.165, 1.54) is 50.6 Å². The lowest BCUT2D eigenvalue weighted by molar-refractivity contribution is 0.122. The molecule has 0 atom stereocenters. The molecular formula is C42H44N12O10S2. The monoisotopic (exact) mass is 940 g/mol. The van der Waals surface area contributed by atoms with Crippen LogP contribution in [0.25, 0.3) is 12.2 Å². The number of nitrogens with zero attached hydrogens (tertiary/aromatic N) is 8. The Labute approximate surface area is 377 Å². The molecule has 4 aromatic carbocycles. The number of rotatable bonds is 12. The smallest absolute Gasteiger partial charge is 0.295 e. The first kappa shape index (κ1) is 45.4. The number of ether oxygens (including phenoxy) is 4. The number of hydrogen-bond acceptors (Lipinski definition) is 16. The molecular weight excluding hydrogens is 897 g/mol. The Balaban J connectivity index is 1.16. The molecule has 24 heteroatoms. The van der Waals surface area contributed by atoms with E-state index in [1.807, 2.05) is 21.9 Å². The van der Waals surface area contributed by atoms with Crippen LogP contribution >= 0.6 is 0 Å². The first-order valence-corrected chi connectivity index (χ1v) is 23.1. The zero-order chi connectivity index (χ0) is 46.3. The highest BCUT2D eigenvalue weighted by atomic mass is 32.2. The van der Waals surface area contributed by atoms with Crippen LogP contribution in [0.5, 0.6) is 11.5 Å². The van der Waals surface area contributed by atoms with Crippen molar-refractivity contribution < 1.29 is 44.9 Å². The van der Waals surface area contributed by atoms with Crippen molar-refractivity contribution in [2.75, 3.05) is 76.6 Å². The normalized spacial score (nSPS) is 16.1. The Hall–Kier alpha value is -7.22. The minimum Gasteiger partial charge on any atom is -0.494 e. The van der Waals surface area contributed by atoms with Crippen molar-refractivity contribution in [3.8, 4) is 11.5 Å². The minimum atomic E-state index is -4.88. The number of para-hydroxylation sites is 4. The highest BCUT2D eigenvalue weighted by Crippen LogP contribution is 2.29. The molecule has 0 saturated carbocycles. The predicted molar refractivity (Wildman–Crippen MR) is 240 cm³/mol. The summed E-state index contributed by atoms with van der Waals surface area (Å²) in [4.78, 5) is 42.8. The average molecular weight is 941 g/mol. The maximum absolute atomic E-state index is 12.8. The van der Waals surface area contributed by atoms with Gasteiger partial charge < -0.3 is 28.7 Å². The highest BCUT2D eigenvalue weighted by molar-refractivity contribution is 7.86. The zero-order valence-electron chi connectivity index (χ0n) is 35.4. The number of aromatic amines is 4. The number of anilines is 2. The van der Waals surface area contributed by atoms with Crippen LogP contribution in [0.1, 0.15) is 11.1 Å². The Morgan fingerprint density at radius 2 is 0.970 bits per heavy atom. The number of methoxy groups -OCH3 is 2. The molecule has 4 heterocycles. The van der Waals surface area contributed by atoms with Crippen LogP contribution in [0.15, 0.2) is 115 Å². The van der Waals surface area contributed by atoms with Gasteiger partial charge in [0.15, 0.2) is 0 Å². The van der Waals surface area contributed by atoms with Crippen molar-refractivity contribution in [3.63, 3.8) is 0 Å². The summed E-state index contributed by atoms with van der Waals surface area (Å²) in [7, 11) is -6.69. The molecule has 0 aliphatic carbocycles. The van der Waals surface area contributed by atoms with E-state index in [2.05, 4.69) is 49.9 Å². The van der Waals surface area contributed by atoms with Gasteiger partial charge >= 0.3 is 0 Å². The predicted octanol–water partition coefficient (Wildman–Crippen LogP) is 3.07. The second-order valence-corrected chi connectivity index (χ2v) is 17.2. The van der Waals surface area contributed by atoms with E-state index in [-0.39, 0.29) is 45.0 Å². The number of morpholine rings is 2. The van der Waals surface area contributed by atoms with E-state index in [0.717, 1.165) is 12.1 Å². The van der Waals surface area contributed by atoms with Gasteiger partial charge in [0.05, 0.1) is 52.0 Å². The molecule has 6 N–H and O–H groups in total. The van der Waals surface area contributed by atoms with Crippen LogP contribution in [-0.4, -0.2) is 123 Å². The lowest BCUT2D eigenvalue weighted by Gasteiger charge is -2.26. The third kappa shape index (κ3) is 11.2. The van der Waals surface area contributed by atoms with Gasteiger partial charge in [-0.1, -0.05) is 48.6 Å². The topological polar surface area (TPSA) is 291 Å². The first-order chi connectivity index (χ1) is 31.8. The molecule has 0 amide bonds. The van der Waals surface area contributed by atoms with Crippen LogP contribution in [-0.2, 0) is 29.7 Å². The van der Waals surface area contributed by atoms with Gasteiger partial charge in [-0.3, -0.25) is 29.0 Å². The molecule has 66 heavy (non-hydrogen) atoms. The van der Waals surface area contributed by atoms with Gasteiger partial charge in [0.25, 0.3) is 20.2 Å². The van der Waals surface area contributed by atoms with Crippen LogP contribution in [0, 0.1) is 0 Å². The molecule has 2 saturated heterocycles. The zero-order valence-corrected chi connectivity index (χ0v) is 37.1. The van der Waals surface area contributed by atoms with E-state index >= 15 is 0 Å². The number of hydrogen-bond donors (Lipinski definition) is 6. The summed E-state index contributed by atoms with van der Waals surface area (Å²) >= 11 is 0. The Morgan fingerprint density at radius 3 is 1.35 bits per heavy atom. The molecule has 0 bridgehead atoms. The standard InChI is InChI=1S/C42H44N12O10S2/c1-61-33-9-5-3-7-31(33)45-39-47-37(49-41(51-39)53-17-21-63-22-18-53)43-29-15-13-27(35(25-29)65(55,56)57)11-12-28-14-16-30(26-36(28)66(58,59)60)44-38-48-40(46-32-8-4-6-10-34(32)62-2)52-42(50-38)54-19-23-64-24-20-54/h3-16,25-26H,17-24H2,1-2H3,(H,55,56,57)(H,58,59,60)(H2,43,45,47,49,51)(H2,44,46,48,50,52)/b12-11+. The number of nitrogens with one attached hydrogen (secondary N) is 4. The molecule has 6 aromatic rings. The molecule has 0 unspecified atom stereocenters. The first-order valence-electron chi connectivity index (χ1n) is 20.3. The summed E-state index contributed by atoms with van der Waals surface area (Å²) < 4.78 is 93.8. The fourth-order valence-corrected chi connectivity index (χ4v) is 8.29. The number of aromatic nitrogens is 6. The Morgan fingerprint density at radius 1 is 0.576 bits per heavy atom. The SMILES string of the molecule is COc1ccccc1N=c1[nH]c(N2CCOCC2)nc(=Nc2ccc(/C=C/c3ccc(N=c4nc(N5CCOCC5)[nH]c(=Nc5ccccc5OC)[nH]4)cc3S(=O)(=O)O)c(S(=O)(=O)O)c2)[nH]1. The summed E-state index contributed by atoms with van der Waals surface area (Å²) in [6, 6.07) is 22.3. The summed E-state index contributed by atoms with van der Waals surface area (Å²) in [5, 5.41) is 0. The molecule has 8 rings (SSSR count). The van der Waals surface area contributed by atoms with Gasteiger partial charge in [-0.15, -0.1) is 0 Å². The maximum atomic E-state index is 12.8. The van der Waals surface area contributed by atoms with Gasteiger partial charge in [-0.2, -0.15) is 26.8 Å². The van der Waals surface area contributed by atoms with E-state index in [4.69, 9.17) is 18.9 Å². The van der Waals surface area contributed by atoms with Gasteiger partial charge in [0.1, 0.15) is 32.7 Å². The third-order valence-corrected chi connectivity index (χ3v) is 11.9. The van der Waals surface area contributed by atoms with Crippen molar-refractivity contribution in [1.29, 1.82) is 0 Å². The number of benzene rings is 4. The Kier molecular flexibility index (Phi) is 13.7. The van der Waals surface area contributed by atoms with Gasteiger partial charge in [-0.05, 0) is 59.7 Å². The lowest BCUT2D eigenvalue weighted by atomic mass is 10.1. The summed E-state index contributed by atoms with van der Waals surface area (Å²) in [5.74, 6) is 1.88. The van der Waals surface area contributed by atoms with Crippen molar-refractivity contribution in [2.45, 2.75) is 9.79 Å². The van der Waals surface area contributed by atoms with Crippen LogP contribution < -0.4 is 41.7 Å². The molecule has 22 nitrogen and oxygen atoms in total. The van der Waals surface area contributed by atoms with Crippen molar-refractivity contribution in [2.24, 2.45) is 20.0 Å². The minimum absolute atomic E-state index is 0.0213. The van der Waals surface area contributed by atoms with E-state index in [9.17, 15) is 25.9 Å². The average Bonchev–Trinajstić information content (AvgIpc) is 3.31. The fraction of sp³-hybridized carbons (Fsp3) is 0.238. The van der Waals surface area contributed by atoms with Gasteiger partial charge in [0, 0.05) is 26.2 Å². The van der Waals surface area contributed by atoms with E-state index in [1.54, 1.807) is 36.4 Å². The van der Waals surface area contributed by atoms with Crippen molar-refractivity contribution >= 4 is 67.0 Å². The van der Waals surface area contributed by atoms with Crippen LogP contribution in [0.2, 0.25) is 0 Å². The number of H-pyrrole nitrogens is 4. The lowest BCUT2D eigenvalue weighted by Crippen LogP contribution is -2.40. The summed E-state index contributed by atoms with van der Waals surface area (Å²) in [6.07, 6.45) is 2.55. The fourth-order valence-electron chi connectivity index (χ4n) is 6.88. The summed E-state index contributed by atoms with van der Waals surface area (Å²) in [6.45, 7) is 4.03. The molecule has 2 fully saturated rings. The largest absolute Gasteiger partial charge is 0.494 e. The summed E-state index contributed by atoms with van der Waals surface area (Å²) in [5.41, 5.74) is 1.80. The van der Waals surface area contributed by atoms with Gasteiger partial charge in [0.2, 0.25) is 34.4 Å². The highest BCUT2D eigenvalue weighted by Gasteiger charge is 2.19. The second-order valence-electron chi connectivity index (χ2n) is 14.4.